The van der Waals surface area contributed by atoms with Gasteiger partial charge in [0.2, 0.25) is 5.91 Å². The Bertz CT molecular complexity index is 255. The van der Waals surface area contributed by atoms with E-state index in [4.69, 9.17) is 5.73 Å². The normalized spacial score (nSPS) is 16.4. The van der Waals surface area contributed by atoms with Gasteiger partial charge in [0.25, 0.3) is 0 Å². The van der Waals surface area contributed by atoms with Crippen molar-refractivity contribution in [3.63, 3.8) is 0 Å². The van der Waals surface area contributed by atoms with Crippen molar-refractivity contribution < 1.29 is 4.79 Å². The van der Waals surface area contributed by atoms with Gasteiger partial charge in [0, 0.05) is 12.6 Å². The summed E-state index contributed by atoms with van der Waals surface area (Å²) in [7, 11) is 0. The van der Waals surface area contributed by atoms with Gasteiger partial charge in [0.05, 0.1) is 5.54 Å². The number of nitrogens with zero attached hydrogens (tertiary/aromatic N) is 1. The number of hydrogen-bond donors (Lipinski definition) is 1. The zero-order valence-corrected chi connectivity index (χ0v) is 11.8. The van der Waals surface area contributed by atoms with Crippen LogP contribution in [0.15, 0.2) is 0 Å². The molecule has 0 aromatic heterocycles. The molecule has 0 unspecified atom stereocenters. The molecule has 0 aromatic rings. The third-order valence-corrected chi connectivity index (χ3v) is 3.88. The van der Waals surface area contributed by atoms with Crippen molar-refractivity contribution in [2.75, 3.05) is 6.54 Å². The summed E-state index contributed by atoms with van der Waals surface area (Å²) in [6.07, 6.45) is 4.85. The van der Waals surface area contributed by atoms with Crippen molar-refractivity contribution in [2.45, 2.75) is 71.4 Å². The van der Waals surface area contributed by atoms with Gasteiger partial charge < -0.3 is 10.6 Å². The van der Waals surface area contributed by atoms with Gasteiger partial charge in [0.15, 0.2) is 0 Å². The first kappa shape index (κ1) is 14.5. The van der Waals surface area contributed by atoms with E-state index in [2.05, 4.69) is 13.8 Å². The van der Waals surface area contributed by atoms with Gasteiger partial charge in [-0.15, -0.1) is 0 Å². The Morgan fingerprint density at radius 2 is 1.88 bits per heavy atom. The lowest BCUT2D eigenvalue weighted by Crippen LogP contribution is -2.55. The fourth-order valence-corrected chi connectivity index (χ4v) is 2.07. The van der Waals surface area contributed by atoms with Crippen molar-refractivity contribution in [1.29, 1.82) is 0 Å². The number of carbonyl (C=O) groups is 1. The third kappa shape index (κ3) is 3.70. The van der Waals surface area contributed by atoms with E-state index < -0.39 is 5.54 Å². The van der Waals surface area contributed by atoms with Crippen LogP contribution in [0, 0.1) is 5.92 Å². The van der Waals surface area contributed by atoms with Gasteiger partial charge in [-0.3, -0.25) is 4.79 Å². The van der Waals surface area contributed by atoms with Crippen LogP contribution in [0.2, 0.25) is 0 Å². The smallest absolute Gasteiger partial charge is 0.242 e. The van der Waals surface area contributed by atoms with E-state index in [0.29, 0.717) is 12.0 Å². The molecule has 17 heavy (non-hydrogen) atoms. The van der Waals surface area contributed by atoms with Crippen LogP contribution < -0.4 is 5.73 Å². The Morgan fingerprint density at radius 1 is 1.35 bits per heavy atom. The molecule has 0 spiro atoms. The van der Waals surface area contributed by atoms with E-state index in [0.717, 1.165) is 38.6 Å². The lowest BCUT2D eigenvalue weighted by molar-refractivity contribution is -0.138. The highest BCUT2D eigenvalue weighted by Crippen LogP contribution is 2.30. The minimum atomic E-state index is -0.639. The van der Waals surface area contributed by atoms with Crippen LogP contribution in [0.25, 0.3) is 0 Å². The number of carbonyl (C=O) groups excluding carboxylic acids is 1. The molecule has 1 fully saturated rings. The predicted octanol–water partition coefficient (Wildman–Crippen LogP) is 2.54. The molecule has 1 aliphatic carbocycles. The molecule has 0 heterocycles. The van der Waals surface area contributed by atoms with Crippen LogP contribution in [-0.4, -0.2) is 28.9 Å². The Labute approximate surface area is 106 Å². The van der Waals surface area contributed by atoms with E-state index in [9.17, 15) is 4.79 Å². The first-order valence-corrected chi connectivity index (χ1v) is 7.04. The van der Waals surface area contributed by atoms with Crippen LogP contribution in [0.4, 0.5) is 0 Å². The fraction of sp³-hybridized carbons (Fsp3) is 0.929. The Balaban J connectivity index is 2.66. The van der Waals surface area contributed by atoms with E-state index >= 15 is 0 Å². The highest BCUT2D eigenvalue weighted by Gasteiger charge is 2.40. The molecule has 0 aromatic carbocycles. The summed E-state index contributed by atoms with van der Waals surface area (Å²) in [5.41, 5.74) is 5.58. The van der Waals surface area contributed by atoms with Crippen molar-refractivity contribution in [3.8, 4) is 0 Å². The van der Waals surface area contributed by atoms with Crippen LogP contribution >= 0.6 is 0 Å². The van der Waals surface area contributed by atoms with E-state index in [-0.39, 0.29) is 5.91 Å². The van der Waals surface area contributed by atoms with Gasteiger partial charge >= 0.3 is 0 Å². The average molecular weight is 240 g/mol. The first-order chi connectivity index (χ1) is 7.94. The van der Waals surface area contributed by atoms with Gasteiger partial charge in [-0.1, -0.05) is 27.7 Å². The molecular formula is C14H28N2O. The molecule has 3 heteroatoms. The van der Waals surface area contributed by atoms with Crippen molar-refractivity contribution >= 4 is 5.91 Å². The molecule has 0 radical (unpaired) electrons. The number of amides is 1. The third-order valence-electron chi connectivity index (χ3n) is 3.88. The maximum atomic E-state index is 12.5. The van der Waals surface area contributed by atoms with Crippen LogP contribution in [0.3, 0.4) is 0 Å². The maximum absolute atomic E-state index is 12.5. The highest BCUT2D eigenvalue weighted by atomic mass is 16.2. The van der Waals surface area contributed by atoms with Gasteiger partial charge in [-0.05, 0) is 38.0 Å². The minimum absolute atomic E-state index is 0.172. The monoisotopic (exact) mass is 240 g/mol. The highest BCUT2D eigenvalue weighted by molar-refractivity contribution is 5.86. The van der Waals surface area contributed by atoms with Crippen LogP contribution in [-0.2, 0) is 4.79 Å². The zero-order valence-electron chi connectivity index (χ0n) is 11.8. The molecule has 1 rings (SSSR count). The molecule has 0 aliphatic heterocycles. The molecule has 0 bridgehead atoms. The second kappa shape index (κ2) is 5.85. The SMILES string of the molecule is CCC(N)(CC)C(=O)N(CCC(C)C)C1CC1. The average Bonchev–Trinajstić information content (AvgIpc) is 3.12. The topological polar surface area (TPSA) is 46.3 Å². The Morgan fingerprint density at radius 3 is 2.24 bits per heavy atom. The van der Waals surface area contributed by atoms with Crippen LogP contribution in [0.1, 0.15) is 59.8 Å². The van der Waals surface area contributed by atoms with E-state index in [1.165, 1.54) is 0 Å². The second-order valence-electron chi connectivity index (χ2n) is 5.78. The van der Waals surface area contributed by atoms with Gasteiger partial charge in [-0.2, -0.15) is 0 Å². The quantitative estimate of drug-likeness (QED) is 0.743. The number of nitrogens with two attached hydrogens (primary N) is 1. The number of rotatable bonds is 7. The second-order valence-corrected chi connectivity index (χ2v) is 5.78. The van der Waals surface area contributed by atoms with Crippen molar-refractivity contribution in [1.82, 2.24) is 4.90 Å². The summed E-state index contributed by atoms with van der Waals surface area (Å²) in [6.45, 7) is 9.29. The molecule has 0 atom stereocenters. The van der Waals surface area contributed by atoms with Crippen molar-refractivity contribution in [2.24, 2.45) is 11.7 Å². The summed E-state index contributed by atoms with van der Waals surface area (Å²) in [5, 5.41) is 0. The molecular weight excluding hydrogens is 212 g/mol. The molecule has 1 saturated carbocycles. The first-order valence-electron chi connectivity index (χ1n) is 7.04. The molecule has 2 N–H and O–H groups in total. The molecule has 1 amide bonds. The molecule has 0 saturated heterocycles. The maximum Gasteiger partial charge on any atom is 0.242 e. The Kier molecular flexibility index (Phi) is 4.99. The van der Waals surface area contributed by atoms with Gasteiger partial charge in [-0.25, -0.2) is 0 Å². The Hall–Kier alpha value is -0.570. The standard InChI is InChI=1S/C14H28N2O/c1-5-14(15,6-2)13(17)16(12-7-8-12)10-9-11(3)4/h11-12H,5-10,15H2,1-4H3. The zero-order chi connectivity index (χ0) is 13.1. The molecule has 100 valence electrons. The summed E-state index contributed by atoms with van der Waals surface area (Å²) in [4.78, 5) is 14.6. The summed E-state index contributed by atoms with van der Waals surface area (Å²) < 4.78 is 0. The number of hydrogen-bond acceptors (Lipinski definition) is 2. The summed E-state index contributed by atoms with van der Waals surface area (Å²) >= 11 is 0. The minimum Gasteiger partial charge on any atom is -0.338 e. The van der Waals surface area contributed by atoms with Crippen LogP contribution in [0.5, 0.6) is 0 Å². The fourth-order valence-electron chi connectivity index (χ4n) is 2.07. The van der Waals surface area contributed by atoms with E-state index in [1.807, 2.05) is 18.7 Å². The van der Waals surface area contributed by atoms with E-state index in [1.54, 1.807) is 0 Å². The summed E-state index contributed by atoms with van der Waals surface area (Å²) in [5.74, 6) is 0.810. The molecule has 1 aliphatic rings. The lowest BCUT2D eigenvalue weighted by Gasteiger charge is -2.33. The molecule has 3 nitrogen and oxygen atoms in total. The predicted molar refractivity (Wildman–Crippen MR) is 71.7 cm³/mol. The lowest BCUT2D eigenvalue weighted by atomic mass is 9.92. The van der Waals surface area contributed by atoms with Gasteiger partial charge in [0.1, 0.15) is 0 Å². The van der Waals surface area contributed by atoms with Crippen molar-refractivity contribution in [3.05, 3.63) is 0 Å². The largest absolute Gasteiger partial charge is 0.338 e. The summed E-state index contributed by atoms with van der Waals surface area (Å²) in [6, 6.07) is 0.474.